The molecule has 1 saturated heterocycles. The minimum absolute atomic E-state index is 0.0426. The monoisotopic (exact) mass is 368 g/mol. The predicted molar refractivity (Wildman–Crippen MR) is 104 cm³/mol. The second-order valence-corrected chi connectivity index (χ2v) is 7.57. The van der Waals surface area contributed by atoms with Gasteiger partial charge in [0.15, 0.2) is 0 Å². The quantitative estimate of drug-likeness (QED) is 0.885. The number of amides is 2. The molecule has 0 saturated carbocycles. The van der Waals surface area contributed by atoms with Gasteiger partial charge in [0.1, 0.15) is 0 Å². The van der Waals surface area contributed by atoms with Gasteiger partial charge in [0.05, 0.1) is 5.92 Å². The maximum atomic E-state index is 12.6. The molecular formula is C21H21ClN2O2. The number of hydrogen-bond donors (Lipinski definition) is 1. The zero-order chi connectivity index (χ0) is 18.3. The van der Waals surface area contributed by atoms with E-state index in [9.17, 15) is 9.59 Å². The third kappa shape index (κ3) is 3.21. The SMILES string of the molecule is Cc1ccc(N2C[C@@H](C(=O)Nc3ccc4c(c3)CCC4)CC2=O)cc1Cl. The fourth-order valence-corrected chi connectivity index (χ4v) is 3.95. The maximum Gasteiger partial charge on any atom is 0.229 e. The lowest BCUT2D eigenvalue weighted by Gasteiger charge is -2.17. The fourth-order valence-electron chi connectivity index (χ4n) is 3.78. The van der Waals surface area contributed by atoms with Crippen molar-refractivity contribution in [3.8, 4) is 0 Å². The van der Waals surface area contributed by atoms with Crippen LogP contribution in [-0.2, 0) is 22.4 Å². The average molecular weight is 369 g/mol. The van der Waals surface area contributed by atoms with Gasteiger partial charge in [-0.15, -0.1) is 0 Å². The Balaban J connectivity index is 1.46. The Hall–Kier alpha value is -2.33. The number of carbonyl (C=O) groups is 2. The van der Waals surface area contributed by atoms with Gasteiger partial charge in [-0.1, -0.05) is 23.7 Å². The van der Waals surface area contributed by atoms with Crippen LogP contribution in [0.25, 0.3) is 0 Å². The van der Waals surface area contributed by atoms with Crippen LogP contribution in [0.3, 0.4) is 0 Å². The first-order valence-electron chi connectivity index (χ1n) is 9.00. The summed E-state index contributed by atoms with van der Waals surface area (Å²) in [4.78, 5) is 26.7. The molecule has 2 aromatic carbocycles. The van der Waals surface area contributed by atoms with Gasteiger partial charge in [0, 0.05) is 29.4 Å². The second-order valence-electron chi connectivity index (χ2n) is 7.17. The Morgan fingerprint density at radius 1 is 1.15 bits per heavy atom. The van der Waals surface area contributed by atoms with Crippen LogP contribution in [0.4, 0.5) is 11.4 Å². The minimum atomic E-state index is -0.351. The molecule has 0 unspecified atom stereocenters. The molecule has 1 aliphatic heterocycles. The van der Waals surface area contributed by atoms with Crippen LogP contribution in [0, 0.1) is 12.8 Å². The van der Waals surface area contributed by atoms with Crippen molar-refractivity contribution < 1.29 is 9.59 Å². The van der Waals surface area contributed by atoms with Gasteiger partial charge in [-0.05, 0) is 67.1 Å². The highest BCUT2D eigenvalue weighted by atomic mass is 35.5. The summed E-state index contributed by atoms with van der Waals surface area (Å²) in [6.45, 7) is 2.31. The van der Waals surface area contributed by atoms with Crippen molar-refractivity contribution in [2.45, 2.75) is 32.6 Å². The molecule has 1 N–H and O–H groups in total. The van der Waals surface area contributed by atoms with Gasteiger partial charge in [-0.2, -0.15) is 0 Å². The highest BCUT2D eigenvalue weighted by Gasteiger charge is 2.35. The molecule has 134 valence electrons. The molecule has 1 heterocycles. The van der Waals surface area contributed by atoms with E-state index < -0.39 is 0 Å². The highest BCUT2D eigenvalue weighted by Crippen LogP contribution is 2.30. The van der Waals surface area contributed by atoms with E-state index in [1.807, 2.05) is 25.1 Å². The summed E-state index contributed by atoms with van der Waals surface area (Å²) < 4.78 is 0. The largest absolute Gasteiger partial charge is 0.326 e. The Kier molecular flexibility index (Phi) is 4.45. The number of nitrogens with zero attached hydrogens (tertiary/aromatic N) is 1. The zero-order valence-corrected chi connectivity index (χ0v) is 15.5. The third-order valence-corrected chi connectivity index (χ3v) is 5.74. The first kappa shape index (κ1) is 17.1. The van der Waals surface area contributed by atoms with Crippen LogP contribution >= 0.6 is 11.6 Å². The average Bonchev–Trinajstić information content (AvgIpc) is 3.23. The van der Waals surface area contributed by atoms with Gasteiger partial charge in [0.2, 0.25) is 11.8 Å². The number of aryl methyl sites for hydroxylation is 3. The van der Waals surface area contributed by atoms with E-state index in [4.69, 9.17) is 11.6 Å². The number of nitrogens with one attached hydrogen (secondary N) is 1. The Bertz CT molecular complexity index is 894. The smallest absolute Gasteiger partial charge is 0.229 e. The van der Waals surface area contributed by atoms with Crippen molar-refractivity contribution in [3.05, 3.63) is 58.1 Å². The van der Waals surface area contributed by atoms with Crippen molar-refractivity contribution in [1.29, 1.82) is 0 Å². The van der Waals surface area contributed by atoms with Crippen LogP contribution < -0.4 is 10.2 Å². The first-order valence-corrected chi connectivity index (χ1v) is 9.38. The van der Waals surface area contributed by atoms with Crippen molar-refractivity contribution >= 4 is 34.8 Å². The fraction of sp³-hybridized carbons (Fsp3) is 0.333. The minimum Gasteiger partial charge on any atom is -0.326 e. The normalized spacial score (nSPS) is 18.9. The van der Waals surface area contributed by atoms with Gasteiger partial charge < -0.3 is 10.2 Å². The van der Waals surface area contributed by atoms with Gasteiger partial charge in [0.25, 0.3) is 0 Å². The molecule has 2 aromatic rings. The van der Waals surface area contributed by atoms with E-state index in [-0.39, 0.29) is 24.2 Å². The molecule has 0 bridgehead atoms. The highest BCUT2D eigenvalue weighted by molar-refractivity contribution is 6.31. The van der Waals surface area contributed by atoms with E-state index in [1.165, 1.54) is 17.5 Å². The Morgan fingerprint density at radius 3 is 2.77 bits per heavy atom. The number of rotatable bonds is 3. The topological polar surface area (TPSA) is 49.4 Å². The first-order chi connectivity index (χ1) is 12.5. The Labute approximate surface area is 158 Å². The van der Waals surface area contributed by atoms with E-state index in [2.05, 4.69) is 17.4 Å². The molecule has 0 aromatic heterocycles. The van der Waals surface area contributed by atoms with E-state index in [0.29, 0.717) is 11.6 Å². The van der Waals surface area contributed by atoms with Crippen LogP contribution in [-0.4, -0.2) is 18.4 Å². The summed E-state index contributed by atoms with van der Waals surface area (Å²) in [5.74, 6) is -0.494. The molecule has 4 nitrogen and oxygen atoms in total. The van der Waals surface area contributed by atoms with Gasteiger partial charge in [-0.3, -0.25) is 9.59 Å². The zero-order valence-electron chi connectivity index (χ0n) is 14.7. The molecule has 1 aliphatic carbocycles. The molecule has 4 rings (SSSR count). The van der Waals surface area contributed by atoms with Crippen LogP contribution in [0.2, 0.25) is 5.02 Å². The molecule has 1 atom stereocenters. The summed E-state index contributed by atoms with van der Waals surface area (Å²) in [5, 5.41) is 3.61. The number of fused-ring (bicyclic) bond motifs is 1. The van der Waals surface area contributed by atoms with Crippen LogP contribution in [0.1, 0.15) is 29.5 Å². The number of benzene rings is 2. The van der Waals surface area contributed by atoms with Gasteiger partial charge >= 0.3 is 0 Å². The van der Waals surface area contributed by atoms with Crippen molar-refractivity contribution in [2.75, 3.05) is 16.8 Å². The second kappa shape index (κ2) is 6.76. The van der Waals surface area contributed by atoms with E-state index >= 15 is 0 Å². The summed E-state index contributed by atoms with van der Waals surface area (Å²) >= 11 is 6.18. The molecule has 0 radical (unpaired) electrons. The van der Waals surface area contributed by atoms with Crippen LogP contribution in [0.15, 0.2) is 36.4 Å². The number of hydrogen-bond acceptors (Lipinski definition) is 2. The predicted octanol–water partition coefficient (Wildman–Crippen LogP) is 4.13. The number of carbonyl (C=O) groups excluding carboxylic acids is 2. The lowest BCUT2D eigenvalue weighted by molar-refractivity contribution is -0.122. The van der Waals surface area contributed by atoms with Gasteiger partial charge in [-0.25, -0.2) is 0 Å². The number of halogens is 1. The Morgan fingerprint density at radius 2 is 1.96 bits per heavy atom. The lowest BCUT2D eigenvalue weighted by atomic mass is 10.1. The standard InChI is InChI=1S/C21H21ClN2O2/c1-13-5-8-18(11-19(13)22)24-12-16(10-20(24)25)21(26)23-17-7-6-14-3-2-4-15(14)9-17/h5-9,11,16H,2-4,10,12H2,1H3,(H,23,26)/t16-/m0/s1. The van der Waals surface area contributed by atoms with Crippen molar-refractivity contribution in [2.24, 2.45) is 5.92 Å². The molecule has 5 heteroatoms. The van der Waals surface area contributed by atoms with E-state index in [1.54, 1.807) is 11.0 Å². The molecule has 1 fully saturated rings. The molecule has 2 amide bonds. The summed E-state index contributed by atoms with van der Waals surface area (Å²) in [7, 11) is 0. The van der Waals surface area contributed by atoms with Crippen LogP contribution in [0.5, 0.6) is 0 Å². The van der Waals surface area contributed by atoms with E-state index in [0.717, 1.165) is 29.8 Å². The molecular weight excluding hydrogens is 348 g/mol. The summed E-state index contributed by atoms with van der Waals surface area (Å²) in [6, 6.07) is 11.7. The molecule has 26 heavy (non-hydrogen) atoms. The van der Waals surface area contributed by atoms with Crippen molar-refractivity contribution in [1.82, 2.24) is 0 Å². The lowest BCUT2D eigenvalue weighted by Crippen LogP contribution is -2.28. The molecule has 2 aliphatic rings. The molecule has 0 spiro atoms. The summed E-state index contributed by atoms with van der Waals surface area (Å²) in [6.07, 6.45) is 3.60. The summed E-state index contributed by atoms with van der Waals surface area (Å²) in [5.41, 5.74) is 5.23. The third-order valence-electron chi connectivity index (χ3n) is 5.33. The van der Waals surface area contributed by atoms with Crippen molar-refractivity contribution in [3.63, 3.8) is 0 Å². The number of anilines is 2. The maximum absolute atomic E-state index is 12.6.